The molecule has 172 valence electrons. The third-order valence-electron chi connectivity index (χ3n) is 7.78. The van der Waals surface area contributed by atoms with Crippen molar-refractivity contribution in [2.75, 3.05) is 20.3 Å². The minimum Gasteiger partial charge on any atom is -0.449 e. The van der Waals surface area contributed by atoms with E-state index in [-0.39, 0.29) is 36.3 Å². The van der Waals surface area contributed by atoms with Crippen molar-refractivity contribution in [2.24, 2.45) is 11.7 Å². The average Bonchev–Trinajstić information content (AvgIpc) is 3.71. The fourth-order valence-corrected chi connectivity index (χ4v) is 6.07. The Morgan fingerprint density at radius 2 is 2.03 bits per heavy atom. The van der Waals surface area contributed by atoms with E-state index >= 15 is 0 Å². The second-order valence-corrected chi connectivity index (χ2v) is 9.42. The zero-order chi connectivity index (χ0) is 23.1. The first-order chi connectivity index (χ1) is 15.9. The van der Waals surface area contributed by atoms with Crippen molar-refractivity contribution in [2.45, 2.75) is 43.1 Å². The topological polar surface area (TPSA) is 133 Å². The minimum absolute atomic E-state index is 0.0576. The minimum atomic E-state index is -0.960. The van der Waals surface area contributed by atoms with Gasteiger partial charge in [-0.2, -0.15) is 0 Å². The second-order valence-electron chi connectivity index (χ2n) is 9.42. The van der Waals surface area contributed by atoms with Crippen LogP contribution in [-0.4, -0.2) is 66.7 Å². The van der Waals surface area contributed by atoms with Crippen LogP contribution in [0.1, 0.15) is 24.8 Å². The van der Waals surface area contributed by atoms with Crippen LogP contribution in [0.15, 0.2) is 52.9 Å². The molecule has 2 aliphatic carbocycles. The number of amides is 1. The van der Waals surface area contributed by atoms with Crippen LogP contribution in [0.2, 0.25) is 0 Å². The van der Waals surface area contributed by atoms with Gasteiger partial charge in [-0.1, -0.05) is 30.3 Å². The fraction of sp³-hybridized carbons (Fsp3) is 0.458. The average molecular weight is 450 g/mol. The van der Waals surface area contributed by atoms with E-state index in [1.165, 1.54) is 5.56 Å². The number of allylic oxidation sites excluding steroid dienone is 2. The van der Waals surface area contributed by atoms with E-state index < -0.39 is 17.7 Å². The quantitative estimate of drug-likeness (QED) is 0.422. The fourth-order valence-electron chi connectivity index (χ4n) is 6.07. The summed E-state index contributed by atoms with van der Waals surface area (Å²) in [6, 6.07) is 10.3. The lowest BCUT2D eigenvalue weighted by Crippen LogP contribution is -2.55. The van der Waals surface area contributed by atoms with Crippen LogP contribution in [0.25, 0.3) is 0 Å². The molecular formula is C24H26N4O5. The molecule has 9 nitrogen and oxygen atoms in total. The molecule has 2 unspecified atom stereocenters. The molecule has 4 N–H and O–H groups in total. The summed E-state index contributed by atoms with van der Waals surface area (Å²) in [6.45, 7) is 2.12. The van der Waals surface area contributed by atoms with Crippen molar-refractivity contribution in [3.63, 3.8) is 0 Å². The first kappa shape index (κ1) is 20.4. The Morgan fingerprint density at radius 1 is 1.27 bits per heavy atom. The van der Waals surface area contributed by atoms with Gasteiger partial charge in [-0.15, -0.1) is 0 Å². The molecule has 0 radical (unpaired) electrons. The molecule has 1 aromatic carbocycles. The van der Waals surface area contributed by atoms with Gasteiger partial charge in [-0.25, -0.2) is 4.79 Å². The molecule has 0 aromatic heterocycles. The van der Waals surface area contributed by atoms with Gasteiger partial charge in [0.1, 0.15) is 6.61 Å². The van der Waals surface area contributed by atoms with E-state index in [1.807, 2.05) is 23.1 Å². The lowest BCUT2D eigenvalue weighted by atomic mass is 9.82. The maximum Gasteiger partial charge on any atom is 0.404 e. The third-order valence-corrected chi connectivity index (χ3v) is 7.78. The number of rotatable bonds is 6. The molecule has 3 fully saturated rings. The zero-order valence-electron chi connectivity index (χ0n) is 18.5. The normalized spacial score (nSPS) is 35.9. The molecule has 0 bridgehead atoms. The van der Waals surface area contributed by atoms with E-state index in [2.05, 4.69) is 22.8 Å². The summed E-state index contributed by atoms with van der Waals surface area (Å²) in [5.41, 5.74) is 6.95. The van der Waals surface area contributed by atoms with Crippen molar-refractivity contribution in [1.29, 1.82) is 0 Å². The van der Waals surface area contributed by atoms with E-state index in [0.29, 0.717) is 35.0 Å². The van der Waals surface area contributed by atoms with Crippen LogP contribution in [0.5, 0.6) is 0 Å². The van der Waals surface area contributed by atoms with Crippen LogP contribution in [-0.2, 0) is 19.1 Å². The van der Waals surface area contributed by atoms with Crippen molar-refractivity contribution >= 4 is 17.7 Å². The highest BCUT2D eigenvalue weighted by Gasteiger charge is 2.72. The van der Waals surface area contributed by atoms with Crippen molar-refractivity contribution in [3.8, 4) is 0 Å². The summed E-state index contributed by atoms with van der Waals surface area (Å²) >= 11 is 0. The van der Waals surface area contributed by atoms with Gasteiger partial charge >= 0.3 is 6.09 Å². The molecule has 1 saturated carbocycles. The molecule has 0 spiro atoms. The maximum absolute atomic E-state index is 13.8. The molecule has 33 heavy (non-hydrogen) atoms. The summed E-state index contributed by atoms with van der Waals surface area (Å²) in [7, 11) is 1.56. The lowest BCUT2D eigenvalue weighted by Gasteiger charge is -2.39. The standard InChI is InChI=1S/C24H26N4O5/c1-11-18(26-15-8-13(15)12-6-4-3-5-7-12)21(30)17-14(10-33-23(25)31)24(32-2)22-16(27-22)9-28(24)19(17)20(11)29/h3-7,13-16,22,26-27H,8-10H2,1-2H3,(H2,25,31)/t13?,14-,15+,16+,22+,24?/m0/s1. The van der Waals surface area contributed by atoms with E-state index in [9.17, 15) is 14.4 Å². The van der Waals surface area contributed by atoms with E-state index in [1.54, 1.807) is 14.0 Å². The summed E-state index contributed by atoms with van der Waals surface area (Å²) in [6.07, 6.45) is -0.0343. The highest BCUT2D eigenvalue weighted by molar-refractivity contribution is 6.25. The number of nitrogens with two attached hydrogens (primary N) is 1. The van der Waals surface area contributed by atoms with Gasteiger partial charge < -0.3 is 30.7 Å². The largest absolute Gasteiger partial charge is 0.449 e. The predicted molar refractivity (Wildman–Crippen MR) is 117 cm³/mol. The Kier molecular flexibility index (Phi) is 4.28. The number of primary amides is 1. The molecule has 3 heterocycles. The van der Waals surface area contributed by atoms with Crippen LogP contribution < -0.4 is 16.4 Å². The van der Waals surface area contributed by atoms with Gasteiger partial charge in [0, 0.05) is 42.8 Å². The Morgan fingerprint density at radius 3 is 2.73 bits per heavy atom. The van der Waals surface area contributed by atoms with Gasteiger partial charge in [0.2, 0.25) is 11.6 Å². The number of nitrogens with one attached hydrogen (secondary N) is 2. The van der Waals surface area contributed by atoms with Crippen LogP contribution in [0.4, 0.5) is 4.79 Å². The monoisotopic (exact) mass is 450 g/mol. The van der Waals surface area contributed by atoms with E-state index in [0.717, 1.165) is 6.42 Å². The highest BCUT2D eigenvalue weighted by atomic mass is 16.6. The van der Waals surface area contributed by atoms with Crippen LogP contribution in [0.3, 0.4) is 0 Å². The Balaban J connectivity index is 1.33. The molecule has 2 saturated heterocycles. The van der Waals surface area contributed by atoms with Crippen molar-refractivity contribution in [1.82, 2.24) is 15.5 Å². The maximum atomic E-state index is 13.8. The number of hydrogen-bond acceptors (Lipinski definition) is 8. The molecule has 9 heteroatoms. The predicted octanol–water partition coefficient (Wildman–Crippen LogP) is 0.536. The molecule has 6 rings (SSSR count). The third kappa shape index (κ3) is 2.75. The Bertz CT molecular complexity index is 1140. The SMILES string of the molecule is COC12[C@@H]3N[C@@H]3CN1C1=C(C(=O)C(N[C@@H]3CC3c3ccccc3)=C(C)C1=O)[C@@H]2COC(N)=O. The highest BCUT2D eigenvalue weighted by Crippen LogP contribution is 2.56. The first-order valence-electron chi connectivity index (χ1n) is 11.3. The van der Waals surface area contributed by atoms with Crippen molar-refractivity contribution < 1.29 is 23.9 Å². The number of methoxy groups -OCH3 is 1. The molecule has 3 aliphatic heterocycles. The molecule has 1 amide bonds. The van der Waals surface area contributed by atoms with Gasteiger partial charge in [0.25, 0.3) is 0 Å². The van der Waals surface area contributed by atoms with Crippen molar-refractivity contribution in [3.05, 3.63) is 58.4 Å². The van der Waals surface area contributed by atoms with Crippen LogP contribution >= 0.6 is 0 Å². The number of carbonyl (C=O) groups is 3. The molecule has 5 aliphatic rings. The molecule has 1 aromatic rings. The van der Waals surface area contributed by atoms with Gasteiger partial charge in [0.15, 0.2) is 5.72 Å². The smallest absolute Gasteiger partial charge is 0.404 e. The number of ketones is 2. The second kappa shape index (κ2) is 6.91. The first-order valence-corrected chi connectivity index (χ1v) is 11.3. The van der Waals surface area contributed by atoms with E-state index in [4.69, 9.17) is 15.2 Å². The lowest BCUT2D eigenvalue weighted by molar-refractivity contribution is -0.137. The molecular weight excluding hydrogens is 424 g/mol. The number of fused-ring (bicyclic) bond motifs is 4. The number of carbonyl (C=O) groups excluding carboxylic acids is 3. The summed E-state index contributed by atoms with van der Waals surface area (Å²) in [4.78, 5) is 40.7. The van der Waals surface area contributed by atoms with Crippen LogP contribution in [0, 0.1) is 5.92 Å². The van der Waals surface area contributed by atoms with Gasteiger partial charge in [0.05, 0.1) is 23.4 Å². The number of hydrogen-bond donors (Lipinski definition) is 3. The Hall–Kier alpha value is -3.17. The number of Topliss-reactive ketones (excluding diaryl/α,β-unsaturated/α-hetero) is 2. The van der Waals surface area contributed by atoms with Gasteiger partial charge in [-0.3, -0.25) is 9.59 Å². The van der Waals surface area contributed by atoms with Gasteiger partial charge in [-0.05, 0) is 18.9 Å². The summed E-state index contributed by atoms with van der Waals surface area (Å²) in [5.74, 6) is -0.747. The zero-order valence-corrected chi connectivity index (χ0v) is 18.5. The number of piperazine rings is 1. The number of nitrogens with zero attached hydrogens (tertiary/aromatic N) is 1. The number of benzene rings is 1. The summed E-state index contributed by atoms with van der Waals surface area (Å²) in [5, 5.41) is 6.71. The Labute approximate surface area is 191 Å². The molecule has 6 atom stereocenters. The summed E-state index contributed by atoms with van der Waals surface area (Å²) < 4.78 is 11.2. The number of ether oxygens (including phenoxy) is 2.